The van der Waals surface area contributed by atoms with Crippen molar-refractivity contribution in [3.63, 3.8) is 0 Å². The van der Waals surface area contributed by atoms with E-state index < -0.39 is 31.6 Å². The number of aryl methyl sites for hydroxylation is 1. The first kappa shape index (κ1) is 34.4. The first-order valence-corrected chi connectivity index (χ1v) is 16.4. The molecule has 3 aromatic rings. The van der Waals surface area contributed by atoms with Gasteiger partial charge >= 0.3 is 29.6 Å². The summed E-state index contributed by atoms with van der Waals surface area (Å²) in [5.74, 6) is -2.03. The monoisotopic (exact) mass is 642 g/mol. The van der Waals surface area contributed by atoms with Crippen molar-refractivity contribution in [1.29, 1.82) is 0 Å². The van der Waals surface area contributed by atoms with Gasteiger partial charge in [-0.1, -0.05) is 25.1 Å². The fraction of sp³-hybridized carbons (Fsp3) is 0.333. The number of nitrogens with zero attached hydrogens (tertiary/aromatic N) is 2. The summed E-state index contributed by atoms with van der Waals surface area (Å²) >= 11 is 0. The van der Waals surface area contributed by atoms with Crippen molar-refractivity contribution in [2.75, 3.05) is 16.4 Å². The topological polar surface area (TPSA) is 176 Å². The third-order valence-corrected chi connectivity index (χ3v) is 10.2. The fourth-order valence-electron chi connectivity index (χ4n) is 3.85. The van der Waals surface area contributed by atoms with E-state index in [0.29, 0.717) is 29.8 Å². The van der Waals surface area contributed by atoms with Crippen molar-refractivity contribution in [3.8, 4) is 0 Å². The van der Waals surface area contributed by atoms with Gasteiger partial charge in [0.1, 0.15) is 0 Å². The summed E-state index contributed by atoms with van der Waals surface area (Å²) < 4.78 is 65.6. The molecule has 0 atom stereocenters. The zero-order valence-electron chi connectivity index (χ0n) is 25.0. The molecule has 1 aliphatic rings. The molecule has 4 rings (SSSR count). The average molecular weight is 643 g/mol. The summed E-state index contributed by atoms with van der Waals surface area (Å²) in [7, 11) is -7.29. The molecule has 12 nitrogen and oxygen atoms in total. The van der Waals surface area contributed by atoms with Gasteiger partial charge in [-0.25, -0.2) is 30.9 Å². The zero-order valence-corrected chi connectivity index (χ0v) is 27.6. The minimum Gasteiger partial charge on any atom is -1.00 e. The van der Waals surface area contributed by atoms with Gasteiger partial charge in [0.2, 0.25) is 17.8 Å². The van der Waals surface area contributed by atoms with Crippen LogP contribution in [0, 0.1) is 12.7 Å². The number of hydrogen-bond donors (Lipinski definition) is 4. The van der Waals surface area contributed by atoms with Crippen molar-refractivity contribution >= 4 is 54.8 Å². The van der Waals surface area contributed by atoms with E-state index in [1.807, 2.05) is 4.72 Å². The van der Waals surface area contributed by atoms with E-state index in [1.165, 1.54) is 13.0 Å². The van der Waals surface area contributed by atoms with E-state index in [-0.39, 0.29) is 83.9 Å². The van der Waals surface area contributed by atoms with Crippen LogP contribution in [0.15, 0.2) is 53.6 Å². The van der Waals surface area contributed by atoms with Gasteiger partial charge in [0.25, 0.3) is 10.0 Å². The molecule has 43 heavy (non-hydrogen) atoms. The molecular weight excluding hydrogens is 610 g/mol. The molecule has 2 aromatic carbocycles. The number of nitrogens with one attached hydrogen (secondary N) is 4. The van der Waals surface area contributed by atoms with Crippen LogP contribution in [-0.4, -0.2) is 49.6 Å². The molecule has 1 fully saturated rings. The van der Waals surface area contributed by atoms with E-state index in [0.717, 1.165) is 11.8 Å². The van der Waals surface area contributed by atoms with Crippen LogP contribution in [0.1, 0.15) is 45.2 Å². The molecule has 0 unspecified atom stereocenters. The summed E-state index contributed by atoms with van der Waals surface area (Å²) in [6.07, 6.45) is 2.21. The van der Waals surface area contributed by atoms with Crippen LogP contribution in [0.2, 0.25) is 0 Å². The Morgan fingerprint density at radius 3 is 2.33 bits per heavy atom. The minimum absolute atomic E-state index is 0. The van der Waals surface area contributed by atoms with E-state index in [9.17, 15) is 30.8 Å². The van der Waals surface area contributed by atoms with Crippen LogP contribution < -0.4 is 50.2 Å². The number of halogens is 1. The summed E-state index contributed by atoms with van der Waals surface area (Å²) in [6.45, 7) is 3.33. The maximum atomic E-state index is 14.5. The van der Waals surface area contributed by atoms with Gasteiger partial charge in [0.15, 0.2) is 21.5 Å². The second kappa shape index (κ2) is 14.6. The zero-order chi connectivity index (χ0) is 30.5. The minimum atomic E-state index is -4.10. The normalized spacial score (nSPS) is 13.0. The second-order valence-corrected chi connectivity index (χ2v) is 13.8. The summed E-state index contributed by atoms with van der Waals surface area (Å²) in [5.41, 5.74) is 1.98. The summed E-state index contributed by atoms with van der Waals surface area (Å²) in [6, 6.07) is 11.2. The molecule has 16 heteroatoms. The first-order chi connectivity index (χ1) is 19.9. The molecule has 1 aromatic heterocycles. The smallest absolute Gasteiger partial charge is 1.00 e. The van der Waals surface area contributed by atoms with Crippen molar-refractivity contribution in [2.24, 2.45) is 0 Å². The molecule has 0 spiro atoms. The number of sulfonamides is 1. The molecule has 0 bridgehead atoms. The molecule has 0 aliphatic heterocycles. The molecule has 1 aliphatic carbocycles. The summed E-state index contributed by atoms with van der Waals surface area (Å²) in [5, 5.41) is 8.10. The van der Waals surface area contributed by atoms with E-state index in [1.54, 1.807) is 43.3 Å². The molecule has 1 heterocycles. The number of sulfone groups is 1. The molecule has 1 saturated carbocycles. The number of anilines is 4. The fourth-order valence-corrected chi connectivity index (χ4v) is 6.83. The largest absolute Gasteiger partial charge is 1.00 e. The Hall–Kier alpha value is -3.11. The SMILES string of the molecule is CCC(=O)NS(=O)(=O)c1cc(Nc2ncc(F)c(Nc3ccc(CNC(=O)CCS(=O)(=O)C4CC4)cc3)n2)ccc1C.[H-].[Na+]. The quantitative estimate of drug-likeness (QED) is 0.190. The predicted molar refractivity (Wildman–Crippen MR) is 156 cm³/mol. The van der Waals surface area contributed by atoms with Crippen LogP contribution in [0.3, 0.4) is 0 Å². The Morgan fingerprint density at radius 1 is 1.00 bits per heavy atom. The number of carbonyl (C=O) groups is 2. The first-order valence-electron chi connectivity index (χ1n) is 13.2. The van der Waals surface area contributed by atoms with Crippen LogP contribution >= 0.6 is 0 Å². The van der Waals surface area contributed by atoms with Crippen molar-refractivity contribution in [1.82, 2.24) is 20.0 Å². The Morgan fingerprint density at radius 2 is 1.67 bits per heavy atom. The number of carbonyl (C=O) groups excluding carboxylic acids is 2. The van der Waals surface area contributed by atoms with Crippen LogP contribution in [0.5, 0.6) is 0 Å². The Balaban J connectivity index is 0.00000337. The molecule has 0 saturated heterocycles. The second-order valence-electron chi connectivity index (χ2n) is 9.79. The predicted octanol–water partition coefficient (Wildman–Crippen LogP) is 0.326. The van der Waals surface area contributed by atoms with Gasteiger partial charge < -0.3 is 17.4 Å². The van der Waals surface area contributed by atoms with E-state index in [2.05, 4.69) is 25.9 Å². The van der Waals surface area contributed by atoms with E-state index >= 15 is 0 Å². The standard InChI is InChI=1S/C27H31FN6O6S2.Na.H/c1-3-24(35)34-42(39,40)23-14-20(7-4-17(23)2)32-27-30-16-22(28)26(33-27)31-19-8-5-18(6-9-19)15-29-25(36)12-13-41(37,38)21-10-11-21;;/h4-9,14,16,21H,3,10-13,15H2,1-2H3,(H,29,36)(H,34,35)(H2,30,31,32,33);;/q;+1;-1. The molecule has 2 amide bonds. The van der Waals surface area contributed by atoms with Crippen molar-refractivity contribution in [2.45, 2.75) is 56.2 Å². The molecule has 4 N–H and O–H groups in total. The molecule has 0 radical (unpaired) electrons. The van der Waals surface area contributed by atoms with Crippen LogP contribution in [0.25, 0.3) is 0 Å². The van der Waals surface area contributed by atoms with Gasteiger partial charge in [-0.2, -0.15) is 4.98 Å². The Labute approximate surface area is 273 Å². The van der Waals surface area contributed by atoms with Gasteiger partial charge in [-0.3, -0.25) is 9.59 Å². The maximum absolute atomic E-state index is 14.5. The van der Waals surface area contributed by atoms with Crippen molar-refractivity contribution in [3.05, 3.63) is 65.6 Å². The van der Waals surface area contributed by atoms with Crippen LogP contribution in [-0.2, 0) is 36.0 Å². The number of amides is 2. The number of rotatable bonds is 13. The average Bonchev–Trinajstić information content (AvgIpc) is 3.81. The number of hydrogen-bond acceptors (Lipinski definition) is 10. The molecule has 226 valence electrons. The van der Waals surface area contributed by atoms with Gasteiger partial charge in [-0.05, 0) is 55.2 Å². The molecular formula is C27H32FN6NaO6S2. The number of aromatic nitrogens is 2. The Bertz CT molecular complexity index is 1710. The van der Waals surface area contributed by atoms with Crippen LogP contribution in [0.4, 0.5) is 27.5 Å². The number of benzene rings is 2. The van der Waals surface area contributed by atoms with Gasteiger partial charge in [0, 0.05) is 30.8 Å². The van der Waals surface area contributed by atoms with Gasteiger partial charge in [-0.15, -0.1) is 0 Å². The third kappa shape index (κ3) is 9.69. The summed E-state index contributed by atoms with van der Waals surface area (Å²) in [4.78, 5) is 31.7. The van der Waals surface area contributed by atoms with Gasteiger partial charge in [0.05, 0.1) is 22.1 Å². The Kier molecular flexibility index (Phi) is 11.7. The van der Waals surface area contributed by atoms with Crippen molar-refractivity contribution < 1.29 is 61.8 Å². The third-order valence-electron chi connectivity index (χ3n) is 6.40. The maximum Gasteiger partial charge on any atom is 1.00 e. The van der Waals surface area contributed by atoms with E-state index in [4.69, 9.17) is 0 Å².